The number of piperazine rings is 1. The summed E-state index contributed by atoms with van der Waals surface area (Å²) >= 11 is 0. The Hall–Kier alpha value is -1.15. The smallest absolute Gasteiger partial charge is 0.330 e. The normalized spacial score (nSPS) is 22.8. The van der Waals surface area contributed by atoms with Crippen LogP contribution in [0.2, 0.25) is 0 Å². The molecular weight excluding hydrogens is 251 g/mol. The van der Waals surface area contributed by atoms with Gasteiger partial charge in [0.25, 0.3) is 0 Å². The molecule has 1 aliphatic rings. The molecule has 3 N–H and O–H groups in total. The molecule has 2 amide bonds. The summed E-state index contributed by atoms with van der Waals surface area (Å²) in [5, 5.41) is 2.10. The third kappa shape index (κ3) is 2.99. The number of carbonyl (C=O) groups is 2. The van der Waals surface area contributed by atoms with Gasteiger partial charge in [-0.15, -0.1) is 0 Å². The molecule has 0 radical (unpaired) electrons. The van der Waals surface area contributed by atoms with E-state index in [9.17, 15) is 22.8 Å². The van der Waals surface area contributed by atoms with E-state index in [1.54, 1.807) is 0 Å². The number of imide groups is 1. The Morgan fingerprint density at radius 2 is 2.00 bits per heavy atom. The Balaban J connectivity index is 2.86. The summed E-state index contributed by atoms with van der Waals surface area (Å²) in [5.41, 5.74) is 3.94. The third-order valence-electron chi connectivity index (χ3n) is 3.12. The van der Waals surface area contributed by atoms with E-state index >= 15 is 0 Å². The van der Waals surface area contributed by atoms with Crippen LogP contribution >= 0.6 is 0 Å². The van der Waals surface area contributed by atoms with Crippen LogP contribution in [0.3, 0.4) is 0 Å². The fraction of sp³-hybridized carbons (Fsp3) is 0.800. The molecule has 1 rings (SSSR count). The van der Waals surface area contributed by atoms with Crippen molar-refractivity contribution in [3.63, 3.8) is 0 Å². The molecule has 0 aromatic carbocycles. The van der Waals surface area contributed by atoms with Crippen molar-refractivity contribution in [3.05, 3.63) is 0 Å². The molecule has 5 nitrogen and oxygen atoms in total. The van der Waals surface area contributed by atoms with Crippen molar-refractivity contribution in [1.82, 2.24) is 10.2 Å². The maximum absolute atomic E-state index is 12.6. The topological polar surface area (TPSA) is 75.4 Å². The van der Waals surface area contributed by atoms with E-state index < -0.39 is 42.5 Å². The van der Waals surface area contributed by atoms with Crippen molar-refractivity contribution in [3.8, 4) is 0 Å². The van der Waals surface area contributed by atoms with Crippen molar-refractivity contribution >= 4 is 11.8 Å². The molecule has 0 saturated carbocycles. The lowest BCUT2D eigenvalue weighted by atomic mass is 9.96. The molecule has 1 atom stereocenters. The van der Waals surface area contributed by atoms with Crippen LogP contribution in [0.5, 0.6) is 0 Å². The quantitative estimate of drug-likeness (QED) is 0.698. The first-order chi connectivity index (χ1) is 8.09. The molecule has 104 valence electrons. The van der Waals surface area contributed by atoms with E-state index in [-0.39, 0.29) is 6.54 Å². The second kappa shape index (κ2) is 4.85. The number of rotatable bonds is 3. The third-order valence-corrected chi connectivity index (χ3v) is 3.12. The Labute approximate surface area is 102 Å². The number of hydrogen-bond acceptors (Lipinski definition) is 4. The van der Waals surface area contributed by atoms with Crippen LogP contribution < -0.4 is 11.1 Å². The van der Waals surface area contributed by atoms with Gasteiger partial charge in [-0.2, -0.15) is 13.2 Å². The molecule has 0 aromatic rings. The average molecular weight is 267 g/mol. The standard InChI is InChI=1S/C10H16F3N3O2/c1-9(2)8(18)15-7(17)5-16(9)4-6(3-14)10(11,12)13/h6H,3-5,14H2,1-2H3,(H,15,17,18). The number of nitrogens with two attached hydrogens (primary N) is 1. The summed E-state index contributed by atoms with van der Waals surface area (Å²) in [7, 11) is 0. The molecule has 8 heteroatoms. The minimum atomic E-state index is -4.44. The molecule has 1 aliphatic heterocycles. The molecule has 0 spiro atoms. The van der Waals surface area contributed by atoms with Gasteiger partial charge in [0.15, 0.2) is 0 Å². The van der Waals surface area contributed by atoms with Gasteiger partial charge in [0.1, 0.15) is 0 Å². The summed E-state index contributed by atoms with van der Waals surface area (Å²) in [6.45, 7) is 1.65. The van der Waals surface area contributed by atoms with Crippen molar-refractivity contribution in [1.29, 1.82) is 0 Å². The zero-order chi connectivity index (χ0) is 14.1. The molecule has 0 bridgehead atoms. The first-order valence-electron chi connectivity index (χ1n) is 5.45. The molecule has 0 aromatic heterocycles. The van der Waals surface area contributed by atoms with E-state index in [0.29, 0.717) is 0 Å². The summed E-state index contributed by atoms with van der Waals surface area (Å²) in [6.07, 6.45) is -4.44. The summed E-state index contributed by atoms with van der Waals surface area (Å²) in [4.78, 5) is 24.0. The lowest BCUT2D eigenvalue weighted by molar-refractivity contribution is -0.182. The van der Waals surface area contributed by atoms with Crippen LogP contribution in [0.15, 0.2) is 0 Å². The van der Waals surface area contributed by atoms with Crippen molar-refractivity contribution < 1.29 is 22.8 Å². The van der Waals surface area contributed by atoms with Crippen LogP contribution in [-0.2, 0) is 9.59 Å². The molecule has 1 heterocycles. The fourth-order valence-corrected chi connectivity index (χ4v) is 1.70. The van der Waals surface area contributed by atoms with E-state index in [4.69, 9.17) is 5.73 Å². The predicted molar refractivity (Wildman–Crippen MR) is 57.4 cm³/mol. The van der Waals surface area contributed by atoms with Crippen LogP contribution in [-0.4, -0.2) is 48.1 Å². The van der Waals surface area contributed by atoms with Gasteiger partial charge in [0, 0.05) is 13.1 Å². The number of amides is 2. The molecule has 18 heavy (non-hydrogen) atoms. The van der Waals surface area contributed by atoms with Gasteiger partial charge in [0.05, 0.1) is 18.0 Å². The summed E-state index contributed by atoms with van der Waals surface area (Å²) in [5.74, 6) is -2.95. The number of alkyl halides is 3. The zero-order valence-electron chi connectivity index (χ0n) is 10.2. The molecule has 1 unspecified atom stereocenters. The highest BCUT2D eigenvalue weighted by molar-refractivity contribution is 6.02. The van der Waals surface area contributed by atoms with Gasteiger partial charge in [-0.25, -0.2) is 0 Å². The van der Waals surface area contributed by atoms with E-state index in [2.05, 4.69) is 5.32 Å². The highest BCUT2D eigenvalue weighted by Gasteiger charge is 2.46. The Morgan fingerprint density at radius 3 is 2.44 bits per heavy atom. The molecule has 1 fully saturated rings. The largest absolute Gasteiger partial charge is 0.394 e. The van der Waals surface area contributed by atoms with Gasteiger partial charge in [-0.3, -0.25) is 19.8 Å². The van der Waals surface area contributed by atoms with Crippen molar-refractivity contribution in [2.24, 2.45) is 11.7 Å². The van der Waals surface area contributed by atoms with Gasteiger partial charge in [-0.05, 0) is 13.8 Å². The highest BCUT2D eigenvalue weighted by Crippen LogP contribution is 2.29. The van der Waals surface area contributed by atoms with E-state index in [0.717, 1.165) is 0 Å². The number of carbonyl (C=O) groups excluding carboxylic acids is 2. The highest BCUT2D eigenvalue weighted by atomic mass is 19.4. The second-order valence-corrected chi connectivity index (χ2v) is 4.79. The first-order valence-corrected chi connectivity index (χ1v) is 5.45. The lowest BCUT2D eigenvalue weighted by Gasteiger charge is -2.41. The number of nitrogens with zero attached hydrogens (tertiary/aromatic N) is 1. The predicted octanol–water partition coefficient (Wildman–Crippen LogP) is -0.139. The van der Waals surface area contributed by atoms with Crippen LogP contribution in [0, 0.1) is 5.92 Å². The molecule has 1 saturated heterocycles. The van der Waals surface area contributed by atoms with Crippen molar-refractivity contribution in [2.45, 2.75) is 25.6 Å². The van der Waals surface area contributed by atoms with Crippen molar-refractivity contribution in [2.75, 3.05) is 19.6 Å². The number of hydrogen-bond donors (Lipinski definition) is 2. The Bertz CT molecular complexity index is 355. The van der Waals surface area contributed by atoms with E-state index in [1.807, 2.05) is 0 Å². The summed E-state index contributed by atoms with van der Waals surface area (Å²) < 4.78 is 37.9. The molecule has 0 aliphatic carbocycles. The number of halogens is 3. The van der Waals surface area contributed by atoms with Crippen LogP contribution in [0.25, 0.3) is 0 Å². The van der Waals surface area contributed by atoms with Gasteiger partial charge < -0.3 is 5.73 Å². The van der Waals surface area contributed by atoms with Gasteiger partial charge >= 0.3 is 6.18 Å². The monoisotopic (exact) mass is 267 g/mol. The Morgan fingerprint density at radius 1 is 1.44 bits per heavy atom. The number of nitrogens with one attached hydrogen (secondary N) is 1. The minimum absolute atomic E-state index is 0.245. The molecular formula is C10H16F3N3O2. The summed E-state index contributed by atoms with van der Waals surface area (Å²) in [6, 6.07) is 0. The average Bonchev–Trinajstić information content (AvgIpc) is 2.19. The zero-order valence-corrected chi connectivity index (χ0v) is 10.2. The fourth-order valence-electron chi connectivity index (χ4n) is 1.70. The van der Waals surface area contributed by atoms with Crippen LogP contribution in [0.4, 0.5) is 13.2 Å². The maximum atomic E-state index is 12.6. The van der Waals surface area contributed by atoms with Crippen LogP contribution in [0.1, 0.15) is 13.8 Å². The van der Waals surface area contributed by atoms with Gasteiger partial charge in [0.2, 0.25) is 11.8 Å². The SMILES string of the molecule is CC1(C)C(=O)NC(=O)CN1CC(CN)C(F)(F)F. The first kappa shape index (κ1) is 14.9. The van der Waals surface area contributed by atoms with E-state index in [1.165, 1.54) is 18.7 Å². The Kier molecular flexibility index (Phi) is 4.02. The lowest BCUT2D eigenvalue weighted by Crippen LogP contribution is -2.65. The maximum Gasteiger partial charge on any atom is 0.394 e. The van der Waals surface area contributed by atoms with Gasteiger partial charge in [-0.1, -0.05) is 0 Å². The minimum Gasteiger partial charge on any atom is -0.330 e. The second-order valence-electron chi connectivity index (χ2n) is 4.79.